The number of carbonyl (C=O) groups is 2. The fourth-order valence-electron chi connectivity index (χ4n) is 2.29. The van der Waals surface area contributed by atoms with E-state index in [0.29, 0.717) is 21.5 Å². The maximum absolute atomic E-state index is 12.6. The van der Waals surface area contributed by atoms with Gasteiger partial charge in [-0.05, 0) is 18.2 Å². The van der Waals surface area contributed by atoms with Gasteiger partial charge in [0.15, 0.2) is 5.75 Å². The number of rotatable bonds is 3. The first-order valence-corrected chi connectivity index (χ1v) is 7.03. The van der Waals surface area contributed by atoms with Crippen molar-refractivity contribution in [1.29, 1.82) is 0 Å². The molecule has 0 unspecified atom stereocenters. The Hall–Kier alpha value is -2.59. The highest BCUT2D eigenvalue weighted by molar-refractivity contribution is 6.31. The Bertz CT molecular complexity index is 868. The van der Waals surface area contributed by atoms with Gasteiger partial charge in [-0.1, -0.05) is 41.9 Å². The number of ketones is 1. The number of hydrogen-bond donors (Lipinski definition) is 1. The van der Waals surface area contributed by atoms with E-state index in [1.807, 2.05) is 6.07 Å². The largest absolute Gasteiger partial charge is 0.424 e. The summed E-state index contributed by atoms with van der Waals surface area (Å²) in [6.45, 7) is 1.30. The van der Waals surface area contributed by atoms with Crippen LogP contribution in [0.4, 0.5) is 0 Å². The lowest BCUT2D eigenvalue weighted by Gasteiger charge is -2.04. The van der Waals surface area contributed by atoms with Crippen molar-refractivity contribution < 1.29 is 14.3 Å². The van der Waals surface area contributed by atoms with E-state index in [-0.39, 0.29) is 17.2 Å². The van der Waals surface area contributed by atoms with Crippen LogP contribution in [0.5, 0.6) is 5.75 Å². The van der Waals surface area contributed by atoms with Crippen molar-refractivity contribution in [2.45, 2.75) is 6.92 Å². The fraction of sp³-hybridized carbons (Fsp3) is 0.0588. The summed E-state index contributed by atoms with van der Waals surface area (Å²) < 4.78 is 5.25. The van der Waals surface area contributed by atoms with Crippen molar-refractivity contribution in [3.05, 3.63) is 64.8 Å². The number of esters is 1. The van der Waals surface area contributed by atoms with E-state index < -0.39 is 5.97 Å². The quantitative estimate of drug-likeness (QED) is 0.588. The smallest absolute Gasteiger partial charge is 0.308 e. The molecule has 22 heavy (non-hydrogen) atoms. The van der Waals surface area contributed by atoms with E-state index in [1.54, 1.807) is 42.5 Å². The third-order valence-corrected chi connectivity index (χ3v) is 3.46. The molecule has 0 bridgehead atoms. The second-order valence-electron chi connectivity index (χ2n) is 4.81. The van der Waals surface area contributed by atoms with Crippen LogP contribution in [0.1, 0.15) is 23.0 Å². The Morgan fingerprint density at radius 1 is 1.09 bits per heavy atom. The van der Waals surface area contributed by atoms with Crippen molar-refractivity contribution in [1.82, 2.24) is 4.98 Å². The number of carbonyl (C=O) groups excluding carboxylic acids is 2. The van der Waals surface area contributed by atoms with E-state index in [9.17, 15) is 9.59 Å². The molecule has 1 heterocycles. The van der Waals surface area contributed by atoms with E-state index in [1.165, 1.54) is 6.92 Å². The van der Waals surface area contributed by atoms with Crippen LogP contribution in [0.15, 0.2) is 48.5 Å². The zero-order chi connectivity index (χ0) is 15.7. The molecule has 0 fully saturated rings. The molecule has 0 saturated carbocycles. The molecule has 110 valence electrons. The zero-order valence-electron chi connectivity index (χ0n) is 11.7. The summed E-state index contributed by atoms with van der Waals surface area (Å²) in [5.74, 6) is -0.504. The Morgan fingerprint density at radius 3 is 2.50 bits per heavy atom. The van der Waals surface area contributed by atoms with Gasteiger partial charge in [-0.2, -0.15) is 0 Å². The lowest BCUT2D eigenvalue weighted by atomic mass is 10.1. The Morgan fingerprint density at radius 2 is 1.82 bits per heavy atom. The predicted molar refractivity (Wildman–Crippen MR) is 84.5 cm³/mol. The van der Waals surface area contributed by atoms with Crippen LogP contribution >= 0.6 is 11.6 Å². The molecule has 4 nitrogen and oxygen atoms in total. The monoisotopic (exact) mass is 313 g/mol. The van der Waals surface area contributed by atoms with Gasteiger partial charge < -0.3 is 9.72 Å². The Labute approximate surface area is 131 Å². The van der Waals surface area contributed by atoms with Gasteiger partial charge in [0.2, 0.25) is 5.78 Å². The number of nitrogens with one attached hydrogen (secondary N) is 1. The molecule has 0 aliphatic rings. The second kappa shape index (κ2) is 5.66. The average molecular weight is 314 g/mol. The molecule has 5 heteroatoms. The van der Waals surface area contributed by atoms with E-state index in [2.05, 4.69) is 4.98 Å². The number of benzene rings is 2. The minimum absolute atomic E-state index is 0.230. The maximum Gasteiger partial charge on any atom is 0.308 e. The zero-order valence-corrected chi connectivity index (χ0v) is 12.5. The van der Waals surface area contributed by atoms with E-state index in [0.717, 1.165) is 0 Å². The van der Waals surface area contributed by atoms with Crippen molar-refractivity contribution in [3.63, 3.8) is 0 Å². The third kappa shape index (κ3) is 2.61. The second-order valence-corrected chi connectivity index (χ2v) is 5.24. The molecule has 0 amide bonds. The predicted octanol–water partition coefficient (Wildman–Crippen LogP) is 3.98. The van der Waals surface area contributed by atoms with Gasteiger partial charge in [0.25, 0.3) is 0 Å². The van der Waals surface area contributed by atoms with Crippen LogP contribution in [0.25, 0.3) is 10.9 Å². The fourth-order valence-corrected chi connectivity index (χ4v) is 2.46. The molecule has 3 rings (SSSR count). The number of aromatic nitrogens is 1. The Kier molecular flexibility index (Phi) is 3.69. The van der Waals surface area contributed by atoms with Crippen molar-refractivity contribution in [3.8, 4) is 5.75 Å². The van der Waals surface area contributed by atoms with Crippen LogP contribution in [0.2, 0.25) is 5.02 Å². The van der Waals surface area contributed by atoms with Crippen LogP contribution in [-0.2, 0) is 4.79 Å². The summed E-state index contributed by atoms with van der Waals surface area (Å²) in [6, 6.07) is 13.9. The Balaban J connectivity index is 2.19. The first-order valence-electron chi connectivity index (χ1n) is 6.65. The van der Waals surface area contributed by atoms with Crippen LogP contribution in [0.3, 0.4) is 0 Å². The molecule has 2 aromatic carbocycles. The molecule has 0 radical (unpaired) electrons. The lowest BCUT2D eigenvalue weighted by molar-refractivity contribution is -0.131. The highest BCUT2D eigenvalue weighted by Crippen LogP contribution is 2.33. The highest BCUT2D eigenvalue weighted by atomic mass is 35.5. The molecular formula is C17H12ClNO3. The van der Waals surface area contributed by atoms with Crippen molar-refractivity contribution in [2.24, 2.45) is 0 Å². The number of aromatic amines is 1. The number of ether oxygens (including phenoxy) is 1. The maximum atomic E-state index is 12.6. The topological polar surface area (TPSA) is 59.2 Å². The first-order chi connectivity index (χ1) is 10.6. The number of hydrogen-bond acceptors (Lipinski definition) is 3. The molecule has 0 aliphatic heterocycles. The molecule has 1 N–H and O–H groups in total. The van der Waals surface area contributed by atoms with Gasteiger partial charge in [0, 0.05) is 22.9 Å². The lowest BCUT2D eigenvalue weighted by Crippen LogP contribution is -2.08. The van der Waals surface area contributed by atoms with E-state index >= 15 is 0 Å². The number of H-pyrrole nitrogens is 1. The molecule has 0 spiro atoms. The number of fused-ring (bicyclic) bond motifs is 1. The SMILES string of the molecule is CC(=O)Oc1c(C(=O)c2ccccc2)[nH]c2cc(Cl)ccc12. The highest BCUT2D eigenvalue weighted by Gasteiger charge is 2.21. The van der Waals surface area contributed by atoms with Gasteiger partial charge >= 0.3 is 5.97 Å². The van der Waals surface area contributed by atoms with Gasteiger partial charge in [-0.25, -0.2) is 0 Å². The molecule has 0 aliphatic carbocycles. The minimum Gasteiger partial charge on any atom is -0.424 e. The van der Waals surface area contributed by atoms with E-state index in [4.69, 9.17) is 16.3 Å². The summed E-state index contributed by atoms with van der Waals surface area (Å²) in [5.41, 5.74) is 1.38. The average Bonchev–Trinajstić information content (AvgIpc) is 2.84. The number of halogens is 1. The summed E-state index contributed by atoms with van der Waals surface area (Å²) in [4.78, 5) is 27.0. The molecule has 1 aromatic heterocycles. The van der Waals surface area contributed by atoms with Crippen LogP contribution in [-0.4, -0.2) is 16.7 Å². The summed E-state index contributed by atoms with van der Waals surface area (Å²) >= 11 is 5.97. The molecule has 0 saturated heterocycles. The third-order valence-electron chi connectivity index (χ3n) is 3.22. The van der Waals surface area contributed by atoms with Crippen LogP contribution in [0, 0.1) is 0 Å². The summed E-state index contributed by atoms with van der Waals surface area (Å²) in [7, 11) is 0. The standard InChI is InChI=1S/C17H12ClNO3/c1-10(20)22-17-13-8-7-12(18)9-14(13)19-15(17)16(21)11-5-3-2-4-6-11/h2-9,19H,1H3. The summed E-state index contributed by atoms with van der Waals surface area (Å²) in [5, 5.41) is 1.17. The normalized spacial score (nSPS) is 10.6. The first kappa shape index (κ1) is 14.4. The van der Waals surface area contributed by atoms with Gasteiger partial charge in [0.1, 0.15) is 5.69 Å². The van der Waals surface area contributed by atoms with Gasteiger partial charge in [-0.15, -0.1) is 0 Å². The van der Waals surface area contributed by atoms with Crippen molar-refractivity contribution >= 4 is 34.3 Å². The van der Waals surface area contributed by atoms with Crippen molar-refractivity contribution in [2.75, 3.05) is 0 Å². The molecule has 0 atom stereocenters. The van der Waals surface area contributed by atoms with Crippen LogP contribution < -0.4 is 4.74 Å². The summed E-state index contributed by atoms with van der Waals surface area (Å²) in [6.07, 6.45) is 0. The minimum atomic E-state index is -0.488. The van der Waals surface area contributed by atoms with Gasteiger partial charge in [-0.3, -0.25) is 9.59 Å². The molecule has 3 aromatic rings. The van der Waals surface area contributed by atoms with Gasteiger partial charge in [0.05, 0.1) is 5.52 Å². The molecular weight excluding hydrogens is 302 g/mol.